The Bertz CT molecular complexity index is 591. The van der Waals surface area contributed by atoms with E-state index in [1.165, 1.54) is 0 Å². The quantitative estimate of drug-likeness (QED) is 0.401. The Labute approximate surface area is 115 Å². The fourth-order valence-corrected chi connectivity index (χ4v) is 2.18. The maximum absolute atomic E-state index is 13.0. The van der Waals surface area contributed by atoms with Crippen LogP contribution in [0.2, 0.25) is 0 Å². The summed E-state index contributed by atoms with van der Waals surface area (Å²) in [5.41, 5.74) is 1.75. The molecule has 4 atom stereocenters. The molecule has 0 radical (unpaired) electrons. The predicted octanol–water partition coefficient (Wildman–Crippen LogP) is -2.82. The summed E-state index contributed by atoms with van der Waals surface area (Å²) in [5.74, 6) is -0.179. The number of ether oxygens (including phenoxy) is 1. The maximum atomic E-state index is 13.0. The fourth-order valence-electron chi connectivity index (χ4n) is 2.18. The minimum Gasteiger partial charge on any atom is -0.391 e. The second kappa shape index (κ2) is 4.96. The Balaban J connectivity index is 2.54. The molecule has 2 heterocycles. The molecule has 9 nitrogen and oxygen atoms in total. The molecule has 0 saturated carbocycles. The van der Waals surface area contributed by atoms with Crippen molar-refractivity contribution in [3.05, 3.63) is 22.7 Å². The molecule has 1 saturated heterocycles. The number of alkyl halides is 2. The number of nitrogens with two attached hydrogens (primary N) is 1. The molecule has 6 N–H and O–H groups in total. The van der Waals surface area contributed by atoms with Crippen molar-refractivity contribution < 1.29 is 33.9 Å². The van der Waals surface area contributed by atoms with Crippen LogP contribution in [0.15, 0.2) is 17.1 Å². The van der Waals surface area contributed by atoms with E-state index in [1.807, 2.05) is 0 Å². The molecular formula is C10H13F2N3O6. The highest BCUT2D eigenvalue weighted by molar-refractivity contribution is 5.24. The summed E-state index contributed by atoms with van der Waals surface area (Å²) >= 11 is 0. The first-order valence-electron chi connectivity index (χ1n) is 5.74. The van der Waals surface area contributed by atoms with Gasteiger partial charge in [-0.1, -0.05) is 0 Å². The summed E-state index contributed by atoms with van der Waals surface area (Å²) in [6.45, 7) is -1.14. The highest BCUT2D eigenvalue weighted by Crippen LogP contribution is 2.39. The molecule has 0 aromatic carbocycles. The Morgan fingerprint density at radius 2 is 2.14 bits per heavy atom. The summed E-state index contributed by atoms with van der Waals surface area (Å²) in [5, 5.41) is 37.5. The third-order valence-electron chi connectivity index (χ3n) is 3.23. The van der Waals surface area contributed by atoms with Crippen LogP contribution in [0.5, 0.6) is 0 Å². The zero-order chi connectivity index (χ0) is 16.0. The molecular weight excluding hydrogens is 296 g/mol. The van der Waals surface area contributed by atoms with Gasteiger partial charge in [0, 0.05) is 6.20 Å². The SMILES string of the molecule is Nc1ccn([C@]2(CO)O[C@H](C(O)(F)F)[C@@H](O)[C@H]2O)c(=O)n1. The lowest BCUT2D eigenvalue weighted by Gasteiger charge is -2.31. The summed E-state index contributed by atoms with van der Waals surface area (Å²) in [6, 6.07) is 1.10. The average Bonchev–Trinajstić information content (AvgIpc) is 2.64. The van der Waals surface area contributed by atoms with Crippen LogP contribution in [0, 0.1) is 0 Å². The van der Waals surface area contributed by atoms with Gasteiger partial charge in [-0.3, -0.25) is 4.57 Å². The number of nitrogens with zero attached hydrogens (tertiary/aromatic N) is 2. The van der Waals surface area contributed by atoms with E-state index in [4.69, 9.17) is 15.6 Å². The molecule has 2 rings (SSSR count). The van der Waals surface area contributed by atoms with Gasteiger partial charge in [0.25, 0.3) is 0 Å². The molecule has 0 aliphatic carbocycles. The molecule has 1 fully saturated rings. The molecule has 0 amide bonds. The van der Waals surface area contributed by atoms with Gasteiger partial charge in [-0.05, 0) is 6.07 Å². The molecule has 0 unspecified atom stereocenters. The lowest BCUT2D eigenvalue weighted by atomic mass is 10.0. The van der Waals surface area contributed by atoms with Crippen molar-refractivity contribution in [2.24, 2.45) is 0 Å². The summed E-state index contributed by atoms with van der Waals surface area (Å²) in [7, 11) is 0. The average molecular weight is 309 g/mol. The van der Waals surface area contributed by atoms with E-state index in [-0.39, 0.29) is 5.82 Å². The van der Waals surface area contributed by atoms with Crippen molar-refractivity contribution in [1.29, 1.82) is 0 Å². The van der Waals surface area contributed by atoms with Crippen molar-refractivity contribution in [3.8, 4) is 0 Å². The minimum atomic E-state index is -4.50. The zero-order valence-corrected chi connectivity index (χ0v) is 10.4. The van der Waals surface area contributed by atoms with Gasteiger partial charge in [0.2, 0.25) is 5.72 Å². The van der Waals surface area contributed by atoms with Crippen LogP contribution >= 0.6 is 0 Å². The lowest BCUT2D eigenvalue weighted by Crippen LogP contribution is -2.53. The number of nitrogen functional groups attached to an aromatic ring is 1. The van der Waals surface area contributed by atoms with E-state index in [0.717, 1.165) is 12.3 Å². The van der Waals surface area contributed by atoms with Gasteiger partial charge in [-0.2, -0.15) is 13.8 Å². The molecule has 118 valence electrons. The van der Waals surface area contributed by atoms with Crippen molar-refractivity contribution in [2.45, 2.75) is 30.1 Å². The van der Waals surface area contributed by atoms with E-state index in [9.17, 15) is 28.9 Å². The number of aliphatic hydroxyl groups excluding tert-OH is 3. The predicted molar refractivity (Wildman–Crippen MR) is 62.0 cm³/mol. The zero-order valence-electron chi connectivity index (χ0n) is 10.4. The van der Waals surface area contributed by atoms with Crippen molar-refractivity contribution in [3.63, 3.8) is 0 Å². The van der Waals surface area contributed by atoms with E-state index in [2.05, 4.69) is 4.98 Å². The van der Waals surface area contributed by atoms with E-state index < -0.39 is 42.4 Å². The van der Waals surface area contributed by atoms with Gasteiger partial charge < -0.3 is 30.9 Å². The second-order valence-corrected chi connectivity index (χ2v) is 4.57. The third-order valence-corrected chi connectivity index (χ3v) is 3.23. The van der Waals surface area contributed by atoms with Crippen LogP contribution in [-0.2, 0) is 10.5 Å². The first-order chi connectivity index (χ1) is 9.63. The first kappa shape index (κ1) is 15.7. The topological polar surface area (TPSA) is 151 Å². The van der Waals surface area contributed by atoms with Gasteiger partial charge in [0.1, 0.15) is 18.0 Å². The normalized spacial score (nSPS) is 33.3. The summed E-state index contributed by atoms with van der Waals surface area (Å²) < 4.78 is 31.2. The van der Waals surface area contributed by atoms with Crippen LogP contribution in [0.1, 0.15) is 0 Å². The molecule has 0 bridgehead atoms. The highest BCUT2D eigenvalue weighted by Gasteiger charge is 2.62. The Morgan fingerprint density at radius 3 is 2.57 bits per heavy atom. The molecule has 1 aliphatic rings. The summed E-state index contributed by atoms with van der Waals surface area (Å²) in [4.78, 5) is 15.0. The van der Waals surface area contributed by atoms with Crippen LogP contribution in [-0.4, -0.2) is 61.0 Å². The highest BCUT2D eigenvalue weighted by atomic mass is 19.3. The maximum Gasteiger partial charge on any atom is 0.382 e. The summed E-state index contributed by atoms with van der Waals surface area (Å²) in [6.07, 6.45) is -10.4. The Kier molecular flexibility index (Phi) is 3.71. The second-order valence-electron chi connectivity index (χ2n) is 4.57. The third kappa shape index (κ3) is 2.38. The number of aromatic nitrogens is 2. The number of anilines is 1. The van der Waals surface area contributed by atoms with Gasteiger partial charge in [-0.15, -0.1) is 0 Å². The smallest absolute Gasteiger partial charge is 0.382 e. The Morgan fingerprint density at radius 1 is 1.52 bits per heavy atom. The van der Waals surface area contributed by atoms with Gasteiger partial charge in [-0.25, -0.2) is 4.79 Å². The molecule has 0 spiro atoms. The van der Waals surface area contributed by atoms with E-state index in [0.29, 0.717) is 4.57 Å². The number of hydrogen-bond acceptors (Lipinski definition) is 8. The molecule has 1 aromatic heterocycles. The van der Waals surface area contributed by atoms with Crippen LogP contribution < -0.4 is 11.4 Å². The first-order valence-corrected chi connectivity index (χ1v) is 5.74. The molecule has 1 aliphatic heterocycles. The lowest BCUT2D eigenvalue weighted by molar-refractivity contribution is -0.298. The molecule has 11 heteroatoms. The number of hydrogen-bond donors (Lipinski definition) is 5. The van der Waals surface area contributed by atoms with Crippen LogP contribution in [0.25, 0.3) is 0 Å². The largest absolute Gasteiger partial charge is 0.391 e. The molecule has 1 aromatic rings. The number of halogens is 2. The van der Waals surface area contributed by atoms with Crippen molar-refractivity contribution >= 4 is 5.82 Å². The minimum absolute atomic E-state index is 0.179. The fraction of sp³-hybridized carbons (Fsp3) is 0.600. The van der Waals surface area contributed by atoms with E-state index >= 15 is 0 Å². The Hall–Kier alpha value is -1.66. The van der Waals surface area contributed by atoms with Gasteiger partial charge >= 0.3 is 11.8 Å². The monoisotopic (exact) mass is 309 g/mol. The van der Waals surface area contributed by atoms with Gasteiger partial charge in [0.15, 0.2) is 6.10 Å². The van der Waals surface area contributed by atoms with Crippen LogP contribution in [0.4, 0.5) is 14.6 Å². The van der Waals surface area contributed by atoms with Gasteiger partial charge in [0.05, 0.1) is 6.61 Å². The number of aliphatic hydroxyl groups is 4. The van der Waals surface area contributed by atoms with Crippen LogP contribution in [0.3, 0.4) is 0 Å². The van der Waals surface area contributed by atoms with E-state index in [1.54, 1.807) is 0 Å². The van der Waals surface area contributed by atoms with Crippen molar-refractivity contribution in [1.82, 2.24) is 9.55 Å². The standard InChI is InChI=1S/C10H13F2N3O6/c11-10(12,20)7-5(17)6(18)9(3-16,21-7)15-2-1-4(13)14-8(15)19/h1-2,5-7,16-18,20H,3H2,(H2,13,14,19)/t5-,6+,7-,9+/m0/s1. The molecule has 21 heavy (non-hydrogen) atoms. The van der Waals surface area contributed by atoms with Crippen molar-refractivity contribution in [2.75, 3.05) is 12.3 Å². The number of rotatable bonds is 3.